The number of nitrogens with zero attached hydrogens (tertiary/aromatic N) is 1. The molecule has 3 aromatic carbocycles. The van der Waals surface area contributed by atoms with Gasteiger partial charge in [-0.05, 0) is 78.0 Å². The fourth-order valence-electron chi connectivity index (χ4n) is 3.28. The highest BCUT2D eigenvalue weighted by Crippen LogP contribution is 2.32. The van der Waals surface area contributed by atoms with Crippen LogP contribution in [0.1, 0.15) is 27.9 Å². The summed E-state index contributed by atoms with van der Waals surface area (Å²) in [5.74, 6) is -0.858. The lowest BCUT2D eigenvalue weighted by atomic mass is 10.2. The van der Waals surface area contributed by atoms with Gasteiger partial charge in [-0.15, -0.1) is 0 Å². The van der Waals surface area contributed by atoms with Crippen molar-refractivity contribution in [1.29, 1.82) is 0 Å². The van der Waals surface area contributed by atoms with Crippen molar-refractivity contribution in [3.63, 3.8) is 0 Å². The molecule has 194 valence electrons. The zero-order valence-electron chi connectivity index (χ0n) is 19.8. The number of halogens is 1. The maximum Gasteiger partial charge on any atom is 0.306 e. The van der Waals surface area contributed by atoms with Gasteiger partial charge < -0.3 is 14.6 Å². The highest BCUT2D eigenvalue weighted by atomic mass is 35.5. The van der Waals surface area contributed by atoms with E-state index in [1.807, 2.05) is 12.1 Å². The maximum atomic E-state index is 12.9. The molecule has 0 unspecified atom stereocenters. The van der Waals surface area contributed by atoms with Crippen LogP contribution in [0, 0.1) is 0 Å². The Labute approximate surface area is 233 Å². The summed E-state index contributed by atoms with van der Waals surface area (Å²) in [4.78, 5) is 36.7. The third-order valence-corrected chi connectivity index (χ3v) is 6.74. The smallest absolute Gasteiger partial charge is 0.306 e. The molecule has 38 heavy (non-hydrogen) atoms. The number of thioether (sulfide) groups is 1. The Bertz CT molecular complexity index is 1390. The van der Waals surface area contributed by atoms with Crippen LogP contribution in [0.2, 0.25) is 5.02 Å². The number of nitrogens with one attached hydrogen (secondary N) is 1. The number of ether oxygens (including phenoxy) is 2. The molecular formula is C27H21ClN2O6S2. The highest BCUT2D eigenvalue weighted by Gasteiger charge is 2.33. The van der Waals surface area contributed by atoms with E-state index >= 15 is 0 Å². The number of carboxylic acids is 1. The lowest BCUT2D eigenvalue weighted by Crippen LogP contribution is -2.44. The third-order valence-electron chi connectivity index (χ3n) is 5.18. The quantitative estimate of drug-likeness (QED) is 0.250. The Morgan fingerprint density at radius 2 is 1.76 bits per heavy atom. The number of thiocarbonyl (C=S) groups is 1. The molecular weight excluding hydrogens is 548 g/mol. The average Bonchev–Trinajstić information content (AvgIpc) is 3.16. The number of carbonyl (C=O) groups excluding carboxylic acids is 2. The zero-order chi connectivity index (χ0) is 27.1. The monoisotopic (exact) mass is 568 g/mol. The molecule has 1 aliphatic rings. The van der Waals surface area contributed by atoms with E-state index in [1.54, 1.807) is 66.7 Å². The molecule has 1 saturated heterocycles. The van der Waals surface area contributed by atoms with Gasteiger partial charge >= 0.3 is 5.97 Å². The summed E-state index contributed by atoms with van der Waals surface area (Å²) in [6, 6.07) is 20.7. The molecule has 2 amide bonds. The molecule has 1 aliphatic heterocycles. The third kappa shape index (κ3) is 7.34. The minimum atomic E-state index is -0.953. The molecule has 1 heterocycles. The van der Waals surface area contributed by atoms with Crippen molar-refractivity contribution >= 4 is 63.8 Å². The van der Waals surface area contributed by atoms with E-state index in [0.717, 1.165) is 22.3 Å². The summed E-state index contributed by atoms with van der Waals surface area (Å²) >= 11 is 12.2. The molecule has 0 atom stereocenters. The number of benzene rings is 3. The largest absolute Gasteiger partial charge is 0.493 e. The fourth-order valence-corrected chi connectivity index (χ4v) is 4.59. The SMILES string of the molecule is O=C(O)CCOc1cccc(/C=C2/SC(=S)N(NC(=O)c3ccc(OCc4ccc(Cl)cc4)cc3)C2=O)c1. The molecule has 0 aliphatic carbocycles. The number of hydrogen-bond donors (Lipinski definition) is 2. The van der Waals surface area contributed by atoms with Crippen molar-refractivity contribution in [3.8, 4) is 11.5 Å². The first-order chi connectivity index (χ1) is 18.3. The summed E-state index contributed by atoms with van der Waals surface area (Å²) in [5.41, 5.74) is 4.50. The summed E-state index contributed by atoms with van der Waals surface area (Å²) in [5, 5.41) is 10.4. The van der Waals surface area contributed by atoms with Crippen LogP contribution in [0.3, 0.4) is 0 Å². The van der Waals surface area contributed by atoms with Crippen LogP contribution in [-0.2, 0) is 16.2 Å². The van der Waals surface area contributed by atoms with E-state index in [-0.39, 0.29) is 17.3 Å². The molecule has 0 saturated carbocycles. The first-order valence-electron chi connectivity index (χ1n) is 11.3. The number of carboxylic acid groups (broad SMARTS) is 1. The van der Waals surface area contributed by atoms with Crippen molar-refractivity contribution in [2.45, 2.75) is 13.0 Å². The van der Waals surface area contributed by atoms with Crippen LogP contribution in [0.15, 0.2) is 77.7 Å². The maximum absolute atomic E-state index is 12.9. The van der Waals surface area contributed by atoms with Gasteiger partial charge in [-0.1, -0.05) is 47.6 Å². The molecule has 1 fully saturated rings. The van der Waals surface area contributed by atoms with E-state index in [2.05, 4.69) is 5.43 Å². The van der Waals surface area contributed by atoms with Gasteiger partial charge in [0.2, 0.25) is 0 Å². The van der Waals surface area contributed by atoms with Crippen LogP contribution in [0.25, 0.3) is 6.08 Å². The summed E-state index contributed by atoms with van der Waals surface area (Å²) in [6.07, 6.45) is 1.50. The van der Waals surface area contributed by atoms with Gasteiger partial charge in [-0.25, -0.2) is 0 Å². The van der Waals surface area contributed by atoms with Gasteiger partial charge in [-0.3, -0.25) is 19.8 Å². The van der Waals surface area contributed by atoms with Gasteiger partial charge in [0.05, 0.1) is 17.9 Å². The van der Waals surface area contributed by atoms with E-state index in [0.29, 0.717) is 39.2 Å². The topological polar surface area (TPSA) is 105 Å². The Balaban J connectivity index is 1.35. The second-order valence-electron chi connectivity index (χ2n) is 7.96. The number of rotatable bonds is 10. The predicted molar refractivity (Wildman–Crippen MR) is 149 cm³/mol. The Morgan fingerprint density at radius 1 is 1.03 bits per heavy atom. The van der Waals surface area contributed by atoms with E-state index in [1.165, 1.54) is 0 Å². The van der Waals surface area contributed by atoms with Gasteiger partial charge in [0.1, 0.15) is 18.1 Å². The number of aliphatic carboxylic acids is 1. The second kappa shape index (κ2) is 12.6. The van der Waals surface area contributed by atoms with Gasteiger partial charge in [-0.2, -0.15) is 5.01 Å². The summed E-state index contributed by atoms with van der Waals surface area (Å²) < 4.78 is 11.4. The minimum Gasteiger partial charge on any atom is -0.493 e. The number of amides is 2. The van der Waals surface area contributed by atoms with E-state index in [4.69, 9.17) is 38.4 Å². The Kier molecular flexibility index (Phi) is 9.01. The van der Waals surface area contributed by atoms with Gasteiger partial charge in [0.15, 0.2) is 4.32 Å². The van der Waals surface area contributed by atoms with E-state index in [9.17, 15) is 14.4 Å². The lowest BCUT2D eigenvalue weighted by Gasteiger charge is -2.15. The molecule has 8 nitrogen and oxygen atoms in total. The Hall–Kier alpha value is -3.86. The number of hydrazine groups is 1. The average molecular weight is 569 g/mol. The minimum absolute atomic E-state index is 0.0301. The number of hydrogen-bond acceptors (Lipinski definition) is 7. The fraction of sp³-hybridized carbons (Fsp3) is 0.111. The van der Waals surface area contributed by atoms with Crippen LogP contribution in [0.5, 0.6) is 11.5 Å². The van der Waals surface area contributed by atoms with Crippen LogP contribution in [0.4, 0.5) is 0 Å². The Morgan fingerprint density at radius 3 is 2.47 bits per heavy atom. The first-order valence-corrected chi connectivity index (χ1v) is 12.9. The molecule has 11 heteroatoms. The standard InChI is InChI=1S/C27H21ClN2O6S2/c28-20-8-4-17(5-9-20)16-36-21-10-6-19(7-11-21)25(33)29-30-26(34)23(38-27(30)37)15-18-2-1-3-22(14-18)35-13-12-24(31)32/h1-11,14-15H,12-13,16H2,(H,29,33)(H,31,32)/b23-15+. The van der Waals surface area contributed by atoms with Crippen molar-refractivity contribution in [3.05, 3.63) is 99.4 Å². The zero-order valence-corrected chi connectivity index (χ0v) is 22.1. The van der Waals surface area contributed by atoms with E-state index < -0.39 is 17.8 Å². The molecule has 0 aromatic heterocycles. The highest BCUT2D eigenvalue weighted by molar-refractivity contribution is 8.26. The van der Waals surface area contributed by atoms with Gasteiger partial charge in [0, 0.05) is 10.6 Å². The number of carbonyl (C=O) groups is 3. The molecule has 2 N–H and O–H groups in total. The van der Waals surface area contributed by atoms with Crippen molar-refractivity contribution in [2.75, 3.05) is 6.61 Å². The summed E-state index contributed by atoms with van der Waals surface area (Å²) in [6.45, 7) is 0.380. The summed E-state index contributed by atoms with van der Waals surface area (Å²) in [7, 11) is 0. The van der Waals surface area contributed by atoms with Crippen molar-refractivity contribution in [2.24, 2.45) is 0 Å². The predicted octanol–water partition coefficient (Wildman–Crippen LogP) is 5.32. The lowest BCUT2D eigenvalue weighted by molar-refractivity contribution is -0.137. The van der Waals surface area contributed by atoms with Crippen molar-refractivity contribution in [1.82, 2.24) is 10.4 Å². The molecule has 0 bridgehead atoms. The van der Waals surface area contributed by atoms with Crippen molar-refractivity contribution < 1.29 is 29.0 Å². The molecule has 0 spiro atoms. The van der Waals surface area contributed by atoms with Gasteiger partial charge in [0.25, 0.3) is 11.8 Å². The normalized spacial score (nSPS) is 14.0. The van der Waals surface area contributed by atoms with Crippen LogP contribution >= 0.6 is 35.6 Å². The molecule has 0 radical (unpaired) electrons. The van der Waals surface area contributed by atoms with Crippen LogP contribution < -0.4 is 14.9 Å². The molecule has 4 rings (SSSR count). The van der Waals surface area contributed by atoms with Crippen LogP contribution in [-0.4, -0.2) is 38.8 Å². The first kappa shape index (κ1) is 27.2. The molecule has 3 aromatic rings. The second-order valence-corrected chi connectivity index (χ2v) is 10.1.